The average molecular weight is 377 g/mol. The molecule has 4 rings (SSSR count). The molecule has 0 amide bonds. The largest absolute Gasteiger partial charge is 0.508 e. The van der Waals surface area contributed by atoms with Crippen LogP contribution in [0.3, 0.4) is 0 Å². The minimum absolute atomic E-state index is 0.00414. The number of likely N-dealkylation sites (N-methyl/N-ethyl adjacent to an activating group) is 1. The number of fused-ring (bicyclic) bond motifs is 1. The topological polar surface area (TPSA) is 83.3 Å². The lowest BCUT2D eigenvalue weighted by molar-refractivity contribution is 0.196. The first kappa shape index (κ1) is 18.9. The number of hydrazine groups is 1. The minimum atomic E-state index is -0.185. The molecule has 0 spiro atoms. The molecule has 0 bridgehead atoms. The lowest BCUT2D eigenvalue weighted by Crippen LogP contribution is -2.54. The van der Waals surface area contributed by atoms with E-state index in [1.54, 1.807) is 6.07 Å². The Morgan fingerprint density at radius 3 is 2.82 bits per heavy atom. The zero-order valence-electron chi connectivity index (χ0n) is 16.4. The molecule has 2 heterocycles. The fraction of sp³-hybridized carbons (Fsp3) is 0.409. The molecule has 1 fully saturated rings. The summed E-state index contributed by atoms with van der Waals surface area (Å²) in [6.07, 6.45) is 2.38. The van der Waals surface area contributed by atoms with E-state index >= 15 is 0 Å². The third-order valence-electron chi connectivity index (χ3n) is 5.83. The smallest absolute Gasteiger partial charge is 0.122 e. The highest BCUT2D eigenvalue weighted by atomic mass is 16.3. The van der Waals surface area contributed by atoms with E-state index in [1.807, 2.05) is 6.07 Å². The zero-order valence-corrected chi connectivity index (χ0v) is 16.4. The van der Waals surface area contributed by atoms with Gasteiger partial charge in [-0.15, -0.1) is 0 Å². The van der Waals surface area contributed by atoms with Gasteiger partial charge in [0, 0.05) is 18.2 Å². The van der Waals surface area contributed by atoms with Gasteiger partial charge in [0.25, 0.3) is 0 Å². The van der Waals surface area contributed by atoms with Crippen LogP contribution in [0.4, 0.5) is 0 Å². The number of nitrogens with zero attached hydrogens (tertiary/aromatic N) is 2. The highest BCUT2D eigenvalue weighted by molar-refractivity contribution is 5.50. The number of likely N-dealkylation sites (tertiary alicyclic amines) is 1. The number of nitrogens with one attached hydrogen (secondary N) is 3. The predicted molar refractivity (Wildman–Crippen MR) is 109 cm³/mol. The summed E-state index contributed by atoms with van der Waals surface area (Å²) in [5.41, 5.74) is 11.6. The number of rotatable bonds is 3. The monoisotopic (exact) mass is 377 g/mol. The number of aromatic hydroxyl groups is 1. The fourth-order valence-corrected chi connectivity index (χ4v) is 4.43. The standard InChI is InChI=1S/C22H27N5O/c1-14-5-3-7-18-20(14)22(24-16-6-4-10-27(2)13-16)26-25-21(18)17-9-8-15(12-23)11-19(17)28/h3,5,7-9,11,16,21-22,24-26,28H,4,6,10,13H2,1-2H3/t16-,21?,22?/m1/s1. The van der Waals surface area contributed by atoms with Gasteiger partial charge in [-0.3, -0.25) is 5.32 Å². The van der Waals surface area contributed by atoms with Gasteiger partial charge in [0.05, 0.1) is 23.8 Å². The van der Waals surface area contributed by atoms with Gasteiger partial charge in [0.15, 0.2) is 0 Å². The van der Waals surface area contributed by atoms with Crippen molar-refractivity contribution in [2.45, 2.75) is 38.0 Å². The molecule has 2 aromatic carbocycles. The van der Waals surface area contributed by atoms with Crippen LogP contribution in [0.25, 0.3) is 0 Å². The second-order valence-electron chi connectivity index (χ2n) is 7.89. The molecule has 0 saturated carbocycles. The summed E-state index contributed by atoms with van der Waals surface area (Å²) in [4.78, 5) is 2.37. The highest BCUT2D eigenvalue weighted by Crippen LogP contribution is 2.37. The minimum Gasteiger partial charge on any atom is -0.508 e. The molecule has 2 aliphatic heterocycles. The number of hydrogen-bond donors (Lipinski definition) is 4. The third-order valence-corrected chi connectivity index (χ3v) is 5.83. The van der Waals surface area contributed by atoms with Crippen LogP contribution in [-0.4, -0.2) is 36.2 Å². The van der Waals surface area contributed by atoms with E-state index in [9.17, 15) is 5.11 Å². The van der Waals surface area contributed by atoms with Gasteiger partial charge in [-0.25, -0.2) is 10.9 Å². The molecular weight excluding hydrogens is 350 g/mol. The molecule has 2 aromatic rings. The molecule has 0 aliphatic carbocycles. The van der Waals surface area contributed by atoms with Gasteiger partial charge in [0.2, 0.25) is 0 Å². The molecular formula is C22H27N5O. The zero-order chi connectivity index (χ0) is 19.7. The van der Waals surface area contributed by atoms with E-state index in [2.05, 4.69) is 59.3 Å². The summed E-state index contributed by atoms with van der Waals surface area (Å²) in [7, 11) is 2.17. The van der Waals surface area contributed by atoms with Crippen LogP contribution in [0.2, 0.25) is 0 Å². The molecule has 2 aliphatic rings. The number of phenols is 1. The van der Waals surface area contributed by atoms with Crippen molar-refractivity contribution >= 4 is 0 Å². The Balaban J connectivity index is 1.66. The normalized spacial score (nSPS) is 25.1. The lowest BCUT2D eigenvalue weighted by atomic mass is 9.88. The SMILES string of the molecule is Cc1cccc2c1C(N[C@@H]1CCCN(C)C1)NNC2c1ccc(C#N)cc1O. The number of hydrogen-bond acceptors (Lipinski definition) is 6. The Labute approximate surface area is 166 Å². The van der Waals surface area contributed by atoms with Gasteiger partial charge >= 0.3 is 0 Å². The van der Waals surface area contributed by atoms with Crippen molar-refractivity contribution in [3.05, 3.63) is 64.2 Å². The Kier molecular flexibility index (Phi) is 5.33. The van der Waals surface area contributed by atoms with Crippen LogP contribution in [0.15, 0.2) is 36.4 Å². The molecule has 2 unspecified atom stereocenters. The molecule has 146 valence electrons. The van der Waals surface area contributed by atoms with Gasteiger partial charge in [-0.1, -0.05) is 24.3 Å². The van der Waals surface area contributed by atoms with Crippen LogP contribution >= 0.6 is 0 Å². The first-order chi connectivity index (χ1) is 13.6. The molecule has 3 atom stereocenters. The predicted octanol–water partition coefficient (Wildman–Crippen LogP) is 2.45. The lowest BCUT2D eigenvalue weighted by Gasteiger charge is -2.39. The number of aryl methyl sites for hydroxylation is 1. The van der Waals surface area contributed by atoms with Crippen molar-refractivity contribution in [3.63, 3.8) is 0 Å². The number of piperidine rings is 1. The first-order valence-corrected chi connectivity index (χ1v) is 9.85. The van der Waals surface area contributed by atoms with E-state index in [0.29, 0.717) is 11.6 Å². The Bertz CT molecular complexity index is 906. The quantitative estimate of drug-likeness (QED) is 0.658. The van der Waals surface area contributed by atoms with Crippen molar-refractivity contribution < 1.29 is 5.11 Å². The van der Waals surface area contributed by atoms with E-state index in [-0.39, 0.29) is 18.0 Å². The van der Waals surface area contributed by atoms with Gasteiger partial charge in [-0.05, 0) is 62.2 Å². The van der Waals surface area contributed by atoms with Gasteiger partial charge < -0.3 is 10.0 Å². The maximum atomic E-state index is 10.5. The summed E-state index contributed by atoms with van der Waals surface area (Å²) in [5.74, 6) is 0.131. The molecule has 6 nitrogen and oxygen atoms in total. The second kappa shape index (κ2) is 7.90. The number of nitriles is 1. The molecule has 1 saturated heterocycles. The van der Waals surface area contributed by atoms with E-state index < -0.39 is 0 Å². The summed E-state index contributed by atoms with van der Waals surface area (Å²) in [6, 6.07) is 13.7. The molecule has 6 heteroatoms. The number of phenolic OH excluding ortho intramolecular Hbond substituents is 1. The molecule has 28 heavy (non-hydrogen) atoms. The average Bonchev–Trinajstić information content (AvgIpc) is 2.68. The summed E-state index contributed by atoms with van der Waals surface area (Å²) >= 11 is 0. The van der Waals surface area contributed by atoms with E-state index in [4.69, 9.17) is 5.26 Å². The highest BCUT2D eigenvalue weighted by Gasteiger charge is 2.32. The number of benzene rings is 2. The fourth-order valence-electron chi connectivity index (χ4n) is 4.43. The maximum Gasteiger partial charge on any atom is 0.122 e. The van der Waals surface area contributed by atoms with E-state index in [0.717, 1.165) is 24.2 Å². The van der Waals surface area contributed by atoms with Gasteiger partial charge in [-0.2, -0.15) is 5.26 Å². The van der Waals surface area contributed by atoms with Crippen LogP contribution < -0.4 is 16.2 Å². The Morgan fingerprint density at radius 1 is 1.21 bits per heavy atom. The molecule has 0 aromatic heterocycles. The van der Waals surface area contributed by atoms with Gasteiger partial charge in [0.1, 0.15) is 5.75 Å². The Hall–Kier alpha value is -2.43. The summed E-state index contributed by atoms with van der Waals surface area (Å²) in [5, 5.41) is 23.3. The van der Waals surface area contributed by atoms with Crippen molar-refractivity contribution in [3.8, 4) is 11.8 Å². The first-order valence-electron chi connectivity index (χ1n) is 9.85. The Morgan fingerprint density at radius 2 is 2.07 bits per heavy atom. The summed E-state index contributed by atoms with van der Waals surface area (Å²) < 4.78 is 0. The molecule has 4 N–H and O–H groups in total. The van der Waals surface area contributed by atoms with Crippen LogP contribution in [-0.2, 0) is 0 Å². The van der Waals surface area contributed by atoms with Crippen LogP contribution in [0.5, 0.6) is 5.75 Å². The second-order valence-corrected chi connectivity index (χ2v) is 7.89. The van der Waals surface area contributed by atoms with Crippen molar-refractivity contribution in [2.75, 3.05) is 20.1 Å². The maximum absolute atomic E-state index is 10.5. The van der Waals surface area contributed by atoms with Crippen molar-refractivity contribution in [1.82, 2.24) is 21.1 Å². The molecule has 0 radical (unpaired) electrons. The van der Waals surface area contributed by atoms with Crippen LogP contribution in [0.1, 0.15) is 52.9 Å². The van der Waals surface area contributed by atoms with Crippen molar-refractivity contribution in [2.24, 2.45) is 0 Å². The van der Waals surface area contributed by atoms with E-state index in [1.165, 1.54) is 30.0 Å². The summed E-state index contributed by atoms with van der Waals surface area (Å²) in [6.45, 7) is 4.33. The van der Waals surface area contributed by atoms with Crippen LogP contribution in [0, 0.1) is 18.3 Å². The third kappa shape index (κ3) is 3.62. The van der Waals surface area contributed by atoms with Crippen molar-refractivity contribution in [1.29, 1.82) is 5.26 Å².